The lowest BCUT2D eigenvalue weighted by atomic mass is 10.0. The molecule has 180 valence electrons. The highest BCUT2D eigenvalue weighted by molar-refractivity contribution is 8.00. The van der Waals surface area contributed by atoms with E-state index in [0.717, 1.165) is 11.1 Å². The van der Waals surface area contributed by atoms with Gasteiger partial charge in [0.05, 0.1) is 13.5 Å². The Labute approximate surface area is 208 Å². The molecule has 0 radical (unpaired) electrons. The summed E-state index contributed by atoms with van der Waals surface area (Å²) < 4.78 is 10.7. The molecule has 4 rings (SSSR count). The summed E-state index contributed by atoms with van der Waals surface area (Å²) in [6.45, 7) is 3.73. The van der Waals surface area contributed by atoms with Crippen molar-refractivity contribution in [1.29, 1.82) is 0 Å². The Kier molecular flexibility index (Phi) is 7.72. The highest BCUT2D eigenvalue weighted by Crippen LogP contribution is 2.41. The van der Waals surface area contributed by atoms with Crippen molar-refractivity contribution in [3.63, 3.8) is 0 Å². The second-order valence-electron chi connectivity index (χ2n) is 8.01. The van der Waals surface area contributed by atoms with Gasteiger partial charge in [-0.25, -0.2) is 4.79 Å². The van der Waals surface area contributed by atoms with E-state index in [-0.39, 0.29) is 35.9 Å². The summed E-state index contributed by atoms with van der Waals surface area (Å²) in [5, 5.41) is 2.46. The molecule has 2 unspecified atom stereocenters. The van der Waals surface area contributed by atoms with Gasteiger partial charge in [0.15, 0.2) is 0 Å². The Morgan fingerprint density at radius 2 is 1.89 bits per heavy atom. The normalized spacial score (nSPS) is 19.1. The summed E-state index contributed by atoms with van der Waals surface area (Å²) in [4.78, 5) is 40.1. The van der Waals surface area contributed by atoms with Gasteiger partial charge >= 0.3 is 5.97 Å². The number of ether oxygens (including phenoxy) is 2. The molecule has 2 heterocycles. The fraction of sp³-hybridized carbons (Fsp3) is 0.222. The van der Waals surface area contributed by atoms with Crippen LogP contribution in [-0.2, 0) is 32.1 Å². The van der Waals surface area contributed by atoms with Crippen LogP contribution in [-0.4, -0.2) is 47.0 Å². The highest BCUT2D eigenvalue weighted by atomic mass is 32.2. The molecule has 0 spiro atoms. The van der Waals surface area contributed by atoms with Gasteiger partial charge in [-0.2, -0.15) is 0 Å². The van der Waals surface area contributed by atoms with Gasteiger partial charge in [-0.1, -0.05) is 67.3 Å². The smallest absolute Gasteiger partial charge is 0.355 e. The number of methoxy groups -OCH3 is 1. The summed E-state index contributed by atoms with van der Waals surface area (Å²) >= 11 is 1.50. The van der Waals surface area contributed by atoms with Crippen molar-refractivity contribution >= 4 is 29.5 Å². The zero-order valence-electron chi connectivity index (χ0n) is 19.3. The van der Waals surface area contributed by atoms with Gasteiger partial charge in [0.2, 0.25) is 5.91 Å². The lowest BCUT2D eigenvalue weighted by Crippen LogP contribution is -2.70. The van der Waals surface area contributed by atoms with E-state index in [0.29, 0.717) is 17.1 Å². The molecular weight excluding hydrogens is 464 g/mol. The first kappa shape index (κ1) is 24.3. The molecule has 1 saturated heterocycles. The Morgan fingerprint density at radius 1 is 1.14 bits per heavy atom. The number of hydrogen-bond donors (Lipinski definition) is 1. The van der Waals surface area contributed by atoms with Crippen molar-refractivity contribution in [2.24, 2.45) is 0 Å². The number of fused-ring (bicyclic) bond motifs is 1. The average Bonchev–Trinajstić information content (AvgIpc) is 2.89. The number of carbonyl (C=O) groups excluding carboxylic acids is 3. The van der Waals surface area contributed by atoms with Crippen molar-refractivity contribution in [1.82, 2.24) is 10.2 Å². The molecule has 2 aromatic carbocycles. The third-order valence-electron chi connectivity index (χ3n) is 5.68. The Hall–Kier alpha value is -3.78. The van der Waals surface area contributed by atoms with Crippen molar-refractivity contribution in [3.8, 4) is 5.75 Å². The van der Waals surface area contributed by atoms with E-state index in [1.165, 1.54) is 16.7 Å². The number of allylic oxidation sites excluding steroid dienone is 3. The molecule has 0 aliphatic carbocycles. The summed E-state index contributed by atoms with van der Waals surface area (Å²) in [7, 11) is 1.58. The number of nitrogens with zero attached hydrogens (tertiary/aromatic N) is 1. The minimum Gasteiger partial charge on any atom is -0.497 e. The van der Waals surface area contributed by atoms with Crippen LogP contribution < -0.4 is 10.1 Å². The number of nitrogens with one attached hydrogen (secondary N) is 1. The van der Waals surface area contributed by atoms with E-state index < -0.39 is 12.0 Å². The largest absolute Gasteiger partial charge is 0.497 e. The van der Waals surface area contributed by atoms with Crippen LogP contribution in [0, 0.1) is 0 Å². The van der Waals surface area contributed by atoms with Crippen LogP contribution in [0.3, 0.4) is 0 Å². The van der Waals surface area contributed by atoms with Crippen LogP contribution in [0.1, 0.15) is 11.1 Å². The molecule has 2 atom stereocenters. The van der Waals surface area contributed by atoms with Gasteiger partial charge in [-0.15, -0.1) is 11.8 Å². The van der Waals surface area contributed by atoms with Crippen molar-refractivity contribution < 1.29 is 23.9 Å². The number of thioether (sulfide) groups is 1. The van der Waals surface area contributed by atoms with Crippen LogP contribution in [0.4, 0.5) is 0 Å². The predicted octanol–water partition coefficient (Wildman–Crippen LogP) is 3.38. The van der Waals surface area contributed by atoms with E-state index >= 15 is 0 Å². The molecule has 7 nitrogen and oxygen atoms in total. The zero-order chi connectivity index (χ0) is 24.8. The minimum atomic E-state index is -0.689. The first-order chi connectivity index (χ1) is 17.0. The maximum absolute atomic E-state index is 13.1. The van der Waals surface area contributed by atoms with Crippen molar-refractivity contribution in [2.45, 2.75) is 24.4 Å². The van der Waals surface area contributed by atoms with Gasteiger partial charge in [0.1, 0.15) is 29.5 Å². The zero-order valence-corrected chi connectivity index (χ0v) is 20.1. The molecule has 2 aliphatic rings. The monoisotopic (exact) mass is 490 g/mol. The van der Waals surface area contributed by atoms with Crippen LogP contribution >= 0.6 is 11.8 Å². The number of esters is 1. The van der Waals surface area contributed by atoms with E-state index in [1.807, 2.05) is 42.5 Å². The number of carbonyl (C=O) groups is 3. The van der Waals surface area contributed by atoms with Crippen molar-refractivity contribution in [3.05, 3.63) is 102 Å². The predicted molar refractivity (Wildman–Crippen MR) is 134 cm³/mol. The SMILES string of the molecule is C=C/C=C/C1=C(C(=O)OCc2ccc(OC)cc2)N2C(=O)C(NC(=O)Cc3ccccc3)C2SC1. The number of rotatable bonds is 9. The van der Waals surface area contributed by atoms with Crippen LogP contribution in [0.15, 0.2) is 90.7 Å². The summed E-state index contributed by atoms with van der Waals surface area (Å²) in [5.74, 6) is 0.0522. The average molecular weight is 491 g/mol. The molecule has 2 aliphatic heterocycles. The molecule has 8 heteroatoms. The van der Waals surface area contributed by atoms with Crippen molar-refractivity contribution in [2.75, 3.05) is 12.9 Å². The summed E-state index contributed by atoms with van der Waals surface area (Å²) in [6.07, 6.45) is 5.27. The second-order valence-corrected chi connectivity index (χ2v) is 9.12. The maximum atomic E-state index is 13.1. The Morgan fingerprint density at radius 3 is 2.57 bits per heavy atom. The molecule has 1 fully saturated rings. The lowest BCUT2D eigenvalue weighted by molar-refractivity contribution is -0.153. The fourth-order valence-corrected chi connectivity index (χ4v) is 5.21. The molecule has 35 heavy (non-hydrogen) atoms. The van der Waals surface area contributed by atoms with Gasteiger partial charge < -0.3 is 14.8 Å². The molecule has 0 saturated carbocycles. The topological polar surface area (TPSA) is 84.9 Å². The fourth-order valence-electron chi connectivity index (χ4n) is 3.89. The second kappa shape index (κ2) is 11.1. The number of benzene rings is 2. The third-order valence-corrected chi connectivity index (χ3v) is 6.98. The molecule has 2 amide bonds. The molecular formula is C27H26N2O5S. The Bertz CT molecular complexity index is 1170. The Balaban J connectivity index is 1.46. The van der Waals surface area contributed by atoms with Gasteiger partial charge in [0.25, 0.3) is 5.91 Å². The van der Waals surface area contributed by atoms with Crippen LogP contribution in [0.2, 0.25) is 0 Å². The highest BCUT2D eigenvalue weighted by Gasteiger charge is 2.54. The first-order valence-corrected chi connectivity index (χ1v) is 12.2. The van der Waals surface area contributed by atoms with Crippen LogP contribution in [0.25, 0.3) is 0 Å². The van der Waals surface area contributed by atoms with Gasteiger partial charge in [-0.05, 0) is 28.8 Å². The summed E-state index contributed by atoms with van der Waals surface area (Å²) in [6, 6.07) is 15.8. The van der Waals surface area contributed by atoms with Gasteiger partial charge in [-0.3, -0.25) is 14.5 Å². The lowest BCUT2D eigenvalue weighted by Gasteiger charge is -2.49. The third kappa shape index (κ3) is 5.49. The standard InChI is InChI=1S/C27H26N2O5S/c1-3-4-10-20-17-35-26-23(28-22(30)15-18-8-6-5-7-9-18)25(31)29(26)24(20)27(32)34-16-19-11-13-21(33-2)14-12-19/h3-14,23,26H,1,15-17H2,2H3,(H,28,30)/b10-4+. The van der Waals surface area contributed by atoms with Crippen LogP contribution in [0.5, 0.6) is 5.75 Å². The summed E-state index contributed by atoms with van der Waals surface area (Å²) in [5.41, 5.74) is 2.54. The molecule has 0 aromatic heterocycles. The van der Waals surface area contributed by atoms with E-state index in [4.69, 9.17) is 9.47 Å². The minimum absolute atomic E-state index is 0.0574. The number of amides is 2. The van der Waals surface area contributed by atoms with E-state index in [9.17, 15) is 14.4 Å². The maximum Gasteiger partial charge on any atom is 0.355 e. The number of hydrogen-bond acceptors (Lipinski definition) is 6. The molecule has 1 N–H and O–H groups in total. The molecule has 2 aromatic rings. The number of β-lactam (4-membered cyclic amide) rings is 1. The quantitative estimate of drug-likeness (QED) is 0.330. The van der Waals surface area contributed by atoms with E-state index in [2.05, 4.69) is 11.9 Å². The molecule has 0 bridgehead atoms. The first-order valence-electron chi connectivity index (χ1n) is 11.1. The van der Waals surface area contributed by atoms with E-state index in [1.54, 1.807) is 37.5 Å². The van der Waals surface area contributed by atoms with Gasteiger partial charge in [0, 0.05) is 5.75 Å².